The Balaban J connectivity index is 2.07. The Hall–Kier alpha value is -3.14. The molecule has 1 unspecified atom stereocenters. The molecule has 3 heteroatoms. The summed E-state index contributed by atoms with van der Waals surface area (Å²) in [6, 6.07) is 6.37. The van der Waals surface area contributed by atoms with Crippen molar-refractivity contribution in [1.82, 2.24) is 0 Å². The van der Waals surface area contributed by atoms with Crippen molar-refractivity contribution >= 4 is 40.5 Å². The van der Waals surface area contributed by atoms with Crippen LogP contribution in [-0.4, -0.2) is 5.78 Å². The molecule has 0 radical (unpaired) electrons. The van der Waals surface area contributed by atoms with Crippen LogP contribution in [-0.2, 0) is 16.8 Å². The maximum Gasteiger partial charge on any atom is 0.163 e. The smallest absolute Gasteiger partial charge is 0.163 e. The minimum Gasteiger partial charge on any atom is -0.321 e. The fraction of sp³-hybridized carbons (Fsp3) is 0.219. The van der Waals surface area contributed by atoms with Gasteiger partial charge in [-0.1, -0.05) is 50.6 Å². The number of aryl methyl sites for hydroxylation is 1. The van der Waals surface area contributed by atoms with Crippen molar-refractivity contribution in [2.24, 2.45) is 5.73 Å². The van der Waals surface area contributed by atoms with Crippen LogP contribution < -0.4 is 16.2 Å². The maximum atomic E-state index is 13.0. The predicted molar refractivity (Wildman–Crippen MR) is 152 cm³/mol. The molecule has 4 aliphatic carbocycles. The van der Waals surface area contributed by atoms with Gasteiger partial charge in [-0.15, -0.1) is 12.6 Å². The summed E-state index contributed by atoms with van der Waals surface area (Å²) in [4.78, 5) is 13.8. The van der Waals surface area contributed by atoms with Crippen LogP contribution in [0.15, 0.2) is 79.0 Å². The molecular weight excluding hydrogens is 446 g/mol. The molecule has 0 aliphatic heterocycles. The third-order valence-electron chi connectivity index (χ3n) is 7.70. The molecule has 1 atom stereocenters. The van der Waals surface area contributed by atoms with Gasteiger partial charge in [0.15, 0.2) is 5.78 Å². The number of Topliss-reactive ketones (excluding diaryl/α,β-unsaturated/α-hetero) is 1. The largest absolute Gasteiger partial charge is 0.321 e. The van der Waals surface area contributed by atoms with E-state index in [1.807, 2.05) is 13.0 Å². The van der Waals surface area contributed by atoms with Gasteiger partial charge < -0.3 is 5.73 Å². The number of carbonyl (C=O) groups excluding carboxylic acids is 1. The van der Waals surface area contributed by atoms with Gasteiger partial charge in [-0.2, -0.15) is 0 Å². The van der Waals surface area contributed by atoms with Gasteiger partial charge in [-0.25, -0.2) is 0 Å². The number of thiol groups is 1. The second-order valence-electron chi connectivity index (χ2n) is 10.4. The van der Waals surface area contributed by atoms with Crippen LogP contribution in [0.5, 0.6) is 0 Å². The highest BCUT2D eigenvalue weighted by molar-refractivity contribution is 7.90. The molecule has 2 nitrogen and oxygen atoms in total. The van der Waals surface area contributed by atoms with E-state index in [0.29, 0.717) is 19.3 Å². The van der Waals surface area contributed by atoms with Crippen LogP contribution in [0.3, 0.4) is 0 Å². The molecule has 0 spiro atoms. The summed E-state index contributed by atoms with van der Waals surface area (Å²) in [5.74, 6) is 0.113. The third-order valence-corrected chi connectivity index (χ3v) is 8.05. The summed E-state index contributed by atoms with van der Waals surface area (Å²) >= 11 is 5.04. The molecule has 1 aromatic rings. The lowest BCUT2D eigenvalue weighted by Crippen LogP contribution is -2.42. The average molecular weight is 478 g/mol. The van der Waals surface area contributed by atoms with Crippen LogP contribution in [0.1, 0.15) is 54.0 Å². The predicted octanol–water partition coefficient (Wildman–Crippen LogP) is 5.44. The Morgan fingerprint density at radius 1 is 1.00 bits per heavy atom. The van der Waals surface area contributed by atoms with Gasteiger partial charge in [-0.3, -0.25) is 4.79 Å². The van der Waals surface area contributed by atoms with Crippen LogP contribution in [0.2, 0.25) is 0 Å². The third kappa shape index (κ3) is 3.84. The van der Waals surface area contributed by atoms with Crippen molar-refractivity contribution in [2.45, 2.75) is 45.1 Å². The number of carbonyl (C=O) groups is 1. The van der Waals surface area contributed by atoms with Crippen molar-refractivity contribution in [1.29, 1.82) is 0 Å². The molecule has 4 bridgehead atoms. The van der Waals surface area contributed by atoms with Crippen molar-refractivity contribution in [3.05, 3.63) is 117 Å². The second-order valence-corrected chi connectivity index (χ2v) is 10.9. The van der Waals surface area contributed by atoms with Gasteiger partial charge >= 0.3 is 0 Å². The normalized spacial score (nSPS) is 24.2. The molecule has 0 amide bonds. The zero-order chi connectivity index (χ0) is 25.2. The summed E-state index contributed by atoms with van der Waals surface area (Å²) < 4.78 is 0. The Labute approximate surface area is 213 Å². The zero-order valence-electron chi connectivity index (χ0n) is 20.6. The molecule has 176 valence electrons. The molecule has 0 aromatic heterocycles. The van der Waals surface area contributed by atoms with Crippen molar-refractivity contribution in [3.63, 3.8) is 0 Å². The number of nitrogens with two attached hydrogens (primary N) is 1. The van der Waals surface area contributed by atoms with Crippen LogP contribution >= 0.6 is 12.6 Å². The van der Waals surface area contributed by atoms with Crippen LogP contribution in [0.4, 0.5) is 0 Å². The average Bonchev–Trinajstić information content (AvgIpc) is 2.78. The Morgan fingerprint density at radius 3 is 2.49 bits per heavy atom. The summed E-state index contributed by atoms with van der Waals surface area (Å²) in [7, 11) is 0. The standard InChI is InChI=1S/C32H31NOS/c1-17-7-9-24-21(5)12-29(34)27-16-32(6,33)28(15-25(24)27)31-26-14-22(8-10-23(17)26)20(4)11-18(2)19(3)13-30(31)35/h7-10,13,15,35H,2-5,11-12,14,16,33H2,1,6H3/b17-7?,24-9?,30-13+,31-26?. The first-order chi connectivity index (χ1) is 16.5. The van der Waals surface area contributed by atoms with Gasteiger partial charge in [0.25, 0.3) is 0 Å². The molecule has 0 heterocycles. The number of fused-ring (bicyclic) bond motifs is 3. The molecule has 2 N–H and O–H groups in total. The monoisotopic (exact) mass is 477 g/mol. The van der Waals surface area contributed by atoms with E-state index in [1.54, 1.807) is 0 Å². The van der Waals surface area contributed by atoms with E-state index in [2.05, 4.69) is 63.6 Å². The first-order valence-corrected chi connectivity index (χ1v) is 12.4. The molecule has 0 saturated heterocycles. The number of hydrogen-bond acceptors (Lipinski definition) is 3. The molecule has 0 saturated carbocycles. The Bertz CT molecular complexity index is 1560. The van der Waals surface area contributed by atoms with Crippen molar-refractivity contribution in [2.75, 3.05) is 0 Å². The highest BCUT2D eigenvalue weighted by Gasteiger charge is 2.35. The highest BCUT2D eigenvalue weighted by atomic mass is 32.1. The quantitative estimate of drug-likeness (QED) is 0.489. The zero-order valence-corrected chi connectivity index (χ0v) is 21.4. The van der Waals surface area contributed by atoms with E-state index in [0.717, 1.165) is 71.9 Å². The number of rotatable bonds is 0. The summed E-state index contributed by atoms with van der Waals surface area (Å²) in [5, 5.41) is 2.09. The first kappa shape index (κ1) is 23.6. The van der Waals surface area contributed by atoms with Gasteiger partial charge in [0.1, 0.15) is 0 Å². The van der Waals surface area contributed by atoms with Gasteiger partial charge in [0.05, 0.1) is 0 Å². The summed E-state index contributed by atoms with van der Waals surface area (Å²) in [6.07, 6.45) is 8.56. The fourth-order valence-electron chi connectivity index (χ4n) is 5.64. The van der Waals surface area contributed by atoms with E-state index < -0.39 is 5.54 Å². The summed E-state index contributed by atoms with van der Waals surface area (Å²) in [5.41, 5.74) is 17.2. The lowest BCUT2D eigenvalue weighted by molar-refractivity contribution is -0.113. The molecule has 35 heavy (non-hydrogen) atoms. The second kappa shape index (κ2) is 8.22. The number of ketones is 1. The lowest BCUT2D eigenvalue weighted by atomic mass is 9.73. The maximum absolute atomic E-state index is 13.0. The minimum absolute atomic E-state index is 0.113. The molecule has 4 aliphatic rings. The van der Waals surface area contributed by atoms with Crippen molar-refractivity contribution < 1.29 is 4.79 Å². The van der Waals surface area contributed by atoms with E-state index in [4.69, 9.17) is 18.4 Å². The topological polar surface area (TPSA) is 43.1 Å². The Morgan fingerprint density at radius 2 is 1.74 bits per heavy atom. The van der Waals surface area contributed by atoms with Crippen molar-refractivity contribution in [3.8, 4) is 0 Å². The van der Waals surface area contributed by atoms with E-state index in [9.17, 15) is 4.79 Å². The van der Waals surface area contributed by atoms with Gasteiger partial charge in [-0.05, 0) is 111 Å². The molecule has 5 rings (SSSR count). The molecule has 0 fully saturated rings. The molecular formula is C32H31NOS. The van der Waals surface area contributed by atoms with Crippen LogP contribution in [0.25, 0.3) is 22.1 Å². The van der Waals surface area contributed by atoms with E-state index >= 15 is 0 Å². The van der Waals surface area contributed by atoms with Crippen LogP contribution in [0, 0.1) is 6.92 Å². The van der Waals surface area contributed by atoms with E-state index in [-0.39, 0.29) is 5.78 Å². The SMILES string of the molecule is C=C1/C=C(/S)c2c3cc4c(ccc(C)c5c2CC(=CC=5)C(=C)CC1=C)C(=C)CC(=O)C=4CC3(C)N. The fourth-order valence-corrected chi connectivity index (χ4v) is 6.05. The highest BCUT2D eigenvalue weighted by Crippen LogP contribution is 2.40. The lowest BCUT2D eigenvalue weighted by Gasteiger charge is -2.34. The van der Waals surface area contributed by atoms with Gasteiger partial charge in [0, 0.05) is 22.4 Å². The number of hydrogen-bond donors (Lipinski definition) is 2. The minimum atomic E-state index is -0.745. The number of allylic oxidation sites excluding steroid dienone is 7. The van der Waals surface area contributed by atoms with Gasteiger partial charge in [0.2, 0.25) is 0 Å². The van der Waals surface area contributed by atoms with E-state index in [1.165, 1.54) is 11.1 Å². The molecule has 1 aromatic carbocycles. The first-order valence-electron chi connectivity index (χ1n) is 11.9. The summed E-state index contributed by atoms with van der Waals surface area (Å²) in [6.45, 7) is 21.3. The Kier molecular flexibility index (Phi) is 5.54.